The molecule has 20 heavy (non-hydrogen) atoms. The quantitative estimate of drug-likeness (QED) is 0.791. The van der Waals surface area contributed by atoms with E-state index in [1.165, 1.54) is 12.1 Å². The van der Waals surface area contributed by atoms with Gasteiger partial charge in [-0.2, -0.15) is 0 Å². The van der Waals surface area contributed by atoms with Crippen molar-refractivity contribution < 1.29 is 4.39 Å². The molecule has 5 heteroatoms. The highest BCUT2D eigenvalue weighted by molar-refractivity contribution is 5.78. The topological polar surface area (TPSA) is 42.7 Å². The van der Waals surface area contributed by atoms with E-state index in [2.05, 4.69) is 15.3 Å². The number of aromatic nitrogens is 3. The first kappa shape index (κ1) is 12.6. The van der Waals surface area contributed by atoms with Crippen molar-refractivity contribution >= 4 is 17.0 Å². The van der Waals surface area contributed by atoms with Crippen LogP contribution < -0.4 is 5.32 Å². The smallest absolute Gasteiger partial charge is 0.204 e. The van der Waals surface area contributed by atoms with E-state index in [1.54, 1.807) is 12.3 Å². The van der Waals surface area contributed by atoms with E-state index in [0.29, 0.717) is 12.1 Å². The SMILES string of the molecule is CCn1c(NCc2cccnc2)nc2cc(F)ccc21. The fourth-order valence-corrected chi connectivity index (χ4v) is 2.24. The fourth-order valence-electron chi connectivity index (χ4n) is 2.24. The van der Waals surface area contributed by atoms with Crippen LogP contribution >= 0.6 is 0 Å². The second-order valence-corrected chi connectivity index (χ2v) is 4.53. The van der Waals surface area contributed by atoms with Crippen molar-refractivity contribution in [1.82, 2.24) is 14.5 Å². The molecule has 102 valence electrons. The summed E-state index contributed by atoms with van der Waals surface area (Å²) in [6.07, 6.45) is 3.55. The predicted octanol–water partition coefficient (Wildman–Crippen LogP) is 3.20. The average molecular weight is 270 g/mol. The summed E-state index contributed by atoms with van der Waals surface area (Å²) in [5.41, 5.74) is 2.68. The lowest BCUT2D eigenvalue weighted by Gasteiger charge is -2.08. The van der Waals surface area contributed by atoms with Crippen LogP contribution in [0.1, 0.15) is 12.5 Å². The normalized spacial score (nSPS) is 10.9. The Morgan fingerprint density at radius 1 is 1.30 bits per heavy atom. The predicted molar refractivity (Wildman–Crippen MR) is 76.9 cm³/mol. The number of benzene rings is 1. The summed E-state index contributed by atoms with van der Waals surface area (Å²) >= 11 is 0. The third-order valence-electron chi connectivity index (χ3n) is 3.20. The molecule has 1 N–H and O–H groups in total. The molecule has 2 aromatic heterocycles. The van der Waals surface area contributed by atoms with Gasteiger partial charge in [-0.25, -0.2) is 9.37 Å². The van der Waals surface area contributed by atoms with Crippen molar-refractivity contribution in [3.63, 3.8) is 0 Å². The number of hydrogen-bond acceptors (Lipinski definition) is 3. The Balaban J connectivity index is 1.91. The summed E-state index contributed by atoms with van der Waals surface area (Å²) < 4.78 is 15.3. The Hall–Kier alpha value is -2.43. The highest BCUT2D eigenvalue weighted by atomic mass is 19.1. The Morgan fingerprint density at radius 3 is 2.95 bits per heavy atom. The van der Waals surface area contributed by atoms with E-state index in [1.807, 2.05) is 29.8 Å². The number of nitrogens with zero attached hydrogens (tertiary/aromatic N) is 3. The van der Waals surface area contributed by atoms with E-state index in [-0.39, 0.29) is 5.82 Å². The molecule has 0 aliphatic carbocycles. The molecule has 0 fully saturated rings. The molecular weight excluding hydrogens is 255 g/mol. The van der Waals surface area contributed by atoms with Crippen LogP contribution in [0, 0.1) is 5.82 Å². The van der Waals surface area contributed by atoms with Gasteiger partial charge in [0.15, 0.2) is 0 Å². The van der Waals surface area contributed by atoms with Crippen LogP contribution in [0.5, 0.6) is 0 Å². The highest BCUT2D eigenvalue weighted by Crippen LogP contribution is 2.21. The van der Waals surface area contributed by atoms with Gasteiger partial charge in [0.25, 0.3) is 0 Å². The fraction of sp³-hybridized carbons (Fsp3) is 0.200. The van der Waals surface area contributed by atoms with E-state index in [9.17, 15) is 4.39 Å². The standard InChI is InChI=1S/C15H15FN4/c1-2-20-14-6-5-12(16)8-13(14)19-15(20)18-10-11-4-3-7-17-9-11/h3-9H,2,10H2,1H3,(H,18,19). The van der Waals surface area contributed by atoms with Crippen LogP contribution in [0.25, 0.3) is 11.0 Å². The molecule has 2 heterocycles. The molecule has 3 rings (SSSR count). The lowest BCUT2D eigenvalue weighted by molar-refractivity contribution is 0.629. The number of hydrogen-bond donors (Lipinski definition) is 1. The number of aryl methyl sites for hydroxylation is 1. The van der Waals surface area contributed by atoms with Crippen LogP contribution in [-0.4, -0.2) is 14.5 Å². The summed E-state index contributed by atoms with van der Waals surface area (Å²) in [6.45, 7) is 3.46. The summed E-state index contributed by atoms with van der Waals surface area (Å²) in [6, 6.07) is 8.57. The van der Waals surface area contributed by atoms with Crippen LogP contribution in [0.3, 0.4) is 0 Å². The number of pyridine rings is 1. The first-order valence-electron chi connectivity index (χ1n) is 6.56. The molecule has 0 saturated heterocycles. The van der Waals surface area contributed by atoms with Crippen LogP contribution in [0.2, 0.25) is 0 Å². The third kappa shape index (κ3) is 2.34. The number of nitrogens with one attached hydrogen (secondary N) is 1. The molecule has 1 aromatic carbocycles. The third-order valence-corrected chi connectivity index (χ3v) is 3.20. The van der Waals surface area contributed by atoms with Gasteiger partial charge in [0.1, 0.15) is 5.82 Å². The first-order valence-corrected chi connectivity index (χ1v) is 6.56. The molecule has 0 saturated carbocycles. The first-order chi connectivity index (χ1) is 9.78. The summed E-state index contributed by atoms with van der Waals surface area (Å²) in [4.78, 5) is 8.53. The van der Waals surface area contributed by atoms with Gasteiger partial charge >= 0.3 is 0 Å². The van der Waals surface area contributed by atoms with Crippen molar-refractivity contribution in [2.24, 2.45) is 0 Å². The number of anilines is 1. The summed E-state index contributed by atoms with van der Waals surface area (Å²) in [5, 5.41) is 3.28. The molecule has 4 nitrogen and oxygen atoms in total. The molecule has 0 bridgehead atoms. The van der Waals surface area contributed by atoms with Crippen molar-refractivity contribution in [1.29, 1.82) is 0 Å². The zero-order valence-electron chi connectivity index (χ0n) is 11.2. The van der Waals surface area contributed by atoms with Crippen molar-refractivity contribution in [2.75, 3.05) is 5.32 Å². The lowest BCUT2D eigenvalue weighted by atomic mass is 10.3. The van der Waals surface area contributed by atoms with Gasteiger partial charge in [-0.3, -0.25) is 4.98 Å². The van der Waals surface area contributed by atoms with E-state index >= 15 is 0 Å². The summed E-state index contributed by atoms with van der Waals surface area (Å²) in [7, 11) is 0. The maximum absolute atomic E-state index is 13.3. The molecular formula is C15H15FN4. The number of imidazole rings is 1. The molecule has 0 aliphatic rings. The second kappa shape index (κ2) is 5.28. The Labute approximate surface area is 116 Å². The van der Waals surface area contributed by atoms with Gasteiger partial charge in [0.2, 0.25) is 5.95 Å². The van der Waals surface area contributed by atoms with Crippen molar-refractivity contribution in [3.8, 4) is 0 Å². The Morgan fingerprint density at radius 2 is 2.20 bits per heavy atom. The van der Waals surface area contributed by atoms with Gasteiger partial charge in [-0.1, -0.05) is 6.07 Å². The maximum atomic E-state index is 13.3. The Kier molecular flexibility index (Phi) is 3.33. The maximum Gasteiger partial charge on any atom is 0.204 e. The van der Waals surface area contributed by atoms with E-state index in [0.717, 1.165) is 23.6 Å². The van der Waals surface area contributed by atoms with Crippen LogP contribution in [-0.2, 0) is 13.1 Å². The summed E-state index contributed by atoms with van der Waals surface area (Å²) in [5.74, 6) is 0.481. The van der Waals surface area contributed by atoms with Gasteiger partial charge in [-0.05, 0) is 30.7 Å². The largest absolute Gasteiger partial charge is 0.351 e. The zero-order chi connectivity index (χ0) is 13.9. The van der Waals surface area contributed by atoms with Gasteiger partial charge in [-0.15, -0.1) is 0 Å². The molecule has 0 amide bonds. The number of fused-ring (bicyclic) bond motifs is 1. The molecule has 0 spiro atoms. The molecule has 0 aliphatic heterocycles. The Bertz CT molecular complexity index is 721. The minimum atomic E-state index is -0.267. The minimum absolute atomic E-state index is 0.267. The monoisotopic (exact) mass is 270 g/mol. The minimum Gasteiger partial charge on any atom is -0.351 e. The van der Waals surface area contributed by atoms with Gasteiger partial charge in [0.05, 0.1) is 11.0 Å². The average Bonchev–Trinajstić information content (AvgIpc) is 2.82. The molecule has 3 aromatic rings. The number of halogens is 1. The second-order valence-electron chi connectivity index (χ2n) is 4.53. The van der Waals surface area contributed by atoms with Crippen LogP contribution in [0.4, 0.5) is 10.3 Å². The van der Waals surface area contributed by atoms with E-state index < -0.39 is 0 Å². The van der Waals surface area contributed by atoms with Gasteiger partial charge < -0.3 is 9.88 Å². The van der Waals surface area contributed by atoms with E-state index in [4.69, 9.17) is 0 Å². The number of rotatable bonds is 4. The molecule has 0 atom stereocenters. The lowest BCUT2D eigenvalue weighted by Crippen LogP contribution is -2.06. The van der Waals surface area contributed by atoms with Crippen LogP contribution in [0.15, 0.2) is 42.7 Å². The molecule has 0 radical (unpaired) electrons. The zero-order valence-corrected chi connectivity index (χ0v) is 11.2. The van der Waals surface area contributed by atoms with Crippen molar-refractivity contribution in [2.45, 2.75) is 20.0 Å². The van der Waals surface area contributed by atoms with Crippen molar-refractivity contribution in [3.05, 3.63) is 54.1 Å². The van der Waals surface area contributed by atoms with Gasteiger partial charge in [0, 0.05) is 31.5 Å². The molecule has 0 unspecified atom stereocenters. The highest BCUT2D eigenvalue weighted by Gasteiger charge is 2.09.